The normalized spacial score (nSPS) is 13.9. The summed E-state index contributed by atoms with van der Waals surface area (Å²) in [6.45, 7) is -0.221. The molecule has 0 radical (unpaired) electrons. The van der Waals surface area contributed by atoms with E-state index in [1.807, 2.05) is 0 Å². The molecule has 7 nitrogen and oxygen atoms in total. The van der Waals surface area contributed by atoms with Crippen LogP contribution in [-0.2, 0) is 4.79 Å². The van der Waals surface area contributed by atoms with Gasteiger partial charge in [0.2, 0.25) is 6.79 Å². The molecular formula is C12H13NO6. The van der Waals surface area contributed by atoms with Crippen LogP contribution in [0.4, 0.5) is 0 Å². The summed E-state index contributed by atoms with van der Waals surface area (Å²) in [5.41, 5.74) is 0.272. The van der Waals surface area contributed by atoms with E-state index in [1.54, 1.807) is 6.07 Å². The van der Waals surface area contributed by atoms with E-state index in [2.05, 4.69) is 5.32 Å². The minimum Gasteiger partial charge on any atom is -0.480 e. The summed E-state index contributed by atoms with van der Waals surface area (Å²) in [5.74, 6) is -0.745. The van der Waals surface area contributed by atoms with Crippen LogP contribution in [0, 0.1) is 0 Å². The van der Waals surface area contributed by atoms with Gasteiger partial charge >= 0.3 is 5.97 Å². The van der Waals surface area contributed by atoms with Gasteiger partial charge in [0, 0.05) is 18.6 Å². The Balaban J connectivity index is 2.09. The lowest BCUT2D eigenvalue weighted by atomic mass is 10.1. The lowest BCUT2D eigenvalue weighted by Crippen LogP contribution is -2.41. The molecule has 3 N–H and O–H groups in total. The summed E-state index contributed by atoms with van der Waals surface area (Å²) < 4.78 is 10.2. The third kappa shape index (κ3) is 2.94. The molecule has 19 heavy (non-hydrogen) atoms. The Morgan fingerprint density at radius 2 is 2.05 bits per heavy atom. The van der Waals surface area contributed by atoms with Crippen molar-refractivity contribution in [3.8, 4) is 11.5 Å². The van der Waals surface area contributed by atoms with Gasteiger partial charge in [-0.05, 0) is 18.2 Å². The number of carboxylic acid groups (broad SMARTS) is 1. The molecule has 102 valence electrons. The molecular weight excluding hydrogens is 254 g/mol. The Morgan fingerprint density at radius 1 is 1.32 bits per heavy atom. The highest BCUT2D eigenvalue weighted by Crippen LogP contribution is 2.32. The van der Waals surface area contributed by atoms with Crippen molar-refractivity contribution in [2.24, 2.45) is 0 Å². The first-order chi connectivity index (χ1) is 9.11. The molecule has 1 amide bonds. The fraction of sp³-hybridized carbons (Fsp3) is 0.333. The number of hydrogen-bond donors (Lipinski definition) is 3. The fourth-order valence-corrected chi connectivity index (χ4v) is 1.67. The number of carbonyl (C=O) groups excluding carboxylic acids is 1. The van der Waals surface area contributed by atoms with E-state index in [9.17, 15) is 9.59 Å². The van der Waals surface area contributed by atoms with Gasteiger partial charge in [-0.15, -0.1) is 0 Å². The third-order valence-corrected chi connectivity index (χ3v) is 2.66. The Kier molecular flexibility index (Phi) is 3.86. The van der Waals surface area contributed by atoms with Crippen molar-refractivity contribution in [3.05, 3.63) is 23.8 Å². The third-order valence-electron chi connectivity index (χ3n) is 2.66. The van der Waals surface area contributed by atoms with Gasteiger partial charge in [-0.25, -0.2) is 4.79 Å². The molecule has 1 atom stereocenters. The van der Waals surface area contributed by atoms with E-state index >= 15 is 0 Å². The summed E-state index contributed by atoms with van der Waals surface area (Å²) in [6, 6.07) is 3.46. The molecule has 1 unspecified atom stereocenters. The topological polar surface area (TPSA) is 105 Å². The molecule has 0 aliphatic carbocycles. The molecule has 1 aromatic carbocycles. The summed E-state index contributed by atoms with van der Waals surface area (Å²) in [5, 5.41) is 20.0. The van der Waals surface area contributed by atoms with Crippen molar-refractivity contribution >= 4 is 11.9 Å². The second kappa shape index (κ2) is 5.57. The Labute approximate surface area is 108 Å². The van der Waals surface area contributed by atoms with E-state index in [0.717, 1.165) is 0 Å². The highest BCUT2D eigenvalue weighted by molar-refractivity contribution is 5.97. The molecule has 0 bridgehead atoms. The van der Waals surface area contributed by atoms with Crippen molar-refractivity contribution in [1.29, 1.82) is 0 Å². The standard InChI is InChI=1S/C12H13NO6/c14-4-3-8(12(16)17)13-11(15)7-1-2-9-10(5-7)19-6-18-9/h1-2,5,8,14H,3-4,6H2,(H,13,15)(H,16,17). The number of rotatable bonds is 5. The molecule has 7 heteroatoms. The average molecular weight is 267 g/mol. The zero-order valence-corrected chi connectivity index (χ0v) is 9.96. The first-order valence-corrected chi connectivity index (χ1v) is 5.66. The summed E-state index contributed by atoms with van der Waals surface area (Å²) in [4.78, 5) is 22.8. The van der Waals surface area contributed by atoms with Gasteiger partial charge in [0.1, 0.15) is 6.04 Å². The molecule has 1 heterocycles. The van der Waals surface area contributed by atoms with Crippen LogP contribution in [0.3, 0.4) is 0 Å². The van der Waals surface area contributed by atoms with E-state index in [4.69, 9.17) is 19.7 Å². The van der Waals surface area contributed by atoms with Gasteiger partial charge in [-0.3, -0.25) is 4.79 Å². The van der Waals surface area contributed by atoms with Crippen LogP contribution < -0.4 is 14.8 Å². The number of carboxylic acids is 1. The smallest absolute Gasteiger partial charge is 0.326 e. The van der Waals surface area contributed by atoms with Gasteiger partial charge in [0.15, 0.2) is 11.5 Å². The maximum Gasteiger partial charge on any atom is 0.326 e. The fourth-order valence-electron chi connectivity index (χ4n) is 1.67. The van der Waals surface area contributed by atoms with Gasteiger partial charge in [-0.2, -0.15) is 0 Å². The molecule has 1 aromatic rings. The number of hydrogen-bond acceptors (Lipinski definition) is 5. The zero-order valence-electron chi connectivity index (χ0n) is 9.96. The number of aliphatic carboxylic acids is 1. The second-order valence-electron chi connectivity index (χ2n) is 3.94. The zero-order chi connectivity index (χ0) is 13.8. The predicted molar refractivity (Wildman–Crippen MR) is 63.2 cm³/mol. The average Bonchev–Trinajstić information content (AvgIpc) is 2.85. The summed E-state index contributed by atoms with van der Waals surface area (Å²) >= 11 is 0. The maximum absolute atomic E-state index is 11.9. The molecule has 2 rings (SSSR count). The molecule has 1 aliphatic rings. The Morgan fingerprint density at radius 3 is 2.74 bits per heavy atom. The monoisotopic (exact) mass is 267 g/mol. The maximum atomic E-state index is 11.9. The van der Waals surface area contributed by atoms with Crippen LogP contribution in [0.1, 0.15) is 16.8 Å². The van der Waals surface area contributed by atoms with Crippen LogP contribution in [0.2, 0.25) is 0 Å². The Bertz CT molecular complexity index is 501. The number of nitrogens with one attached hydrogen (secondary N) is 1. The number of benzene rings is 1. The number of fused-ring (bicyclic) bond motifs is 1. The largest absolute Gasteiger partial charge is 0.480 e. The molecule has 0 saturated carbocycles. The number of amides is 1. The molecule has 1 aliphatic heterocycles. The highest BCUT2D eigenvalue weighted by Gasteiger charge is 2.21. The number of carbonyl (C=O) groups is 2. The number of ether oxygens (including phenoxy) is 2. The van der Waals surface area contributed by atoms with Crippen LogP contribution in [0.15, 0.2) is 18.2 Å². The van der Waals surface area contributed by atoms with Crippen LogP contribution in [0.5, 0.6) is 11.5 Å². The van der Waals surface area contributed by atoms with Crippen molar-refractivity contribution in [2.75, 3.05) is 13.4 Å². The minimum absolute atomic E-state index is 0.0500. The van der Waals surface area contributed by atoms with Gasteiger partial charge < -0.3 is 25.0 Å². The van der Waals surface area contributed by atoms with Gasteiger partial charge in [-0.1, -0.05) is 0 Å². The number of aliphatic hydroxyl groups excluding tert-OH is 1. The van der Waals surface area contributed by atoms with E-state index in [0.29, 0.717) is 11.5 Å². The number of aliphatic hydroxyl groups is 1. The Hall–Kier alpha value is -2.28. The lowest BCUT2D eigenvalue weighted by Gasteiger charge is -2.13. The van der Waals surface area contributed by atoms with E-state index in [-0.39, 0.29) is 25.4 Å². The molecule has 0 fully saturated rings. The van der Waals surface area contributed by atoms with Crippen LogP contribution in [0.25, 0.3) is 0 Å². The first-order valence-electron chi connectivity index (χ1n) is 5.66. The van der Waals surface area contributed by atoms with Gasteiger partial charge in [0.25, 0.3) is 5.91 Å². The van der Waals surface area contributed by atoms with Crippen molar-refractivity contribution in [1.82, 2.24) is 5.32 Å². The first kappa shape index (κ1) is 13.2. The van der Waals surface area contributed by atoms with Crippen LogP contribution in [-0.4, -0.2) is 41.5 Å². The van der Waals surface area contributed by atoms with Crippen LogP contribution >= 0.6 is 0 Å². The highest BCUT2D eigenvalue weighted by atomic mass is 16.7. The van der Waals surface area contributed by atoms with Crippen molar-refractivity contribution in [2.45, 2.75) is 12.5 Å². The summed E-state index contributed by atoms with van der Waals surface area (Å²) in [6.07, 6.45) is -0.0500. The predicted octanol–water partition coefficient (Wildman–Crippen LogP) is -0.0193. The summed E-state index contributed by atoms with van der Waals surface area (Å²) in [7, 11) is 0. The molecule has 0 aromatic heterocycles. The van der Waals surface area contributed by atoms with Crippen molar-refractivity contribution in [3.63, 3.8) is 0 Å². The molecule has 0 saturated heterocycles. The van der Waals surface area contributed by atoms with E-state index in [1.165, 1.54) is 12.1 Å². The second-order valence-corrected chi connectivity index (χ2v) is 3.94. The SMILES string of the molecule is O=C(NC(CCO)C(=O)O)c1ccc2c(c1)OCO2. The van der Waals surface area contributed by atoms with E-state index < -0.39 is 17.9 Å². The lowest BCUT2D eigenvalue weighted by molar-refractivity contribution is -0.139. The minimum atomic E-state index is -1.19. The molecule has 0 spiro atoms. The quantitative estimate of drug-likeness (QED) is 0.692. The van der Waals surface area contributed by atoms with Gasteiger partial charge in [0.05, 0.1) is 0 Å². The van der Waals surface area contributed by atoms with Crippen molar-refractivity contribution < 1.29 is 29.3 Å².